The Labute approximate surface area is 228 Å². The number of carbonyl (C=O) groups excluding carboxylic acids is 3. The average molecular weight is 524 g/mol. The predicted molar refractivity (Wildman–Crippen MR) is 148 cm³/mol. The van der Waals surface area contributed by atoms with E-state index in [0.29, 0.717) is 18.0 Å². The molecule has 3 atom stereocenters. The first kappa shape index (κ1) is 25.2. The molecule has 1 spiro atoms. The second kappa shape index (κ2) is 9.26. The summed E-state index contributed by atoms with van der Waals surface area (Å²) in [5.74, 6) is -0.0725. The molecule has 1 aromatic heterocycles. The smallest absolute Gasteiger partial charge is 0.270 e. The molecule has 3 aliphatic rings. The van der Waals surface area contributed by atoms with Gasteiger partial charge in [0.25, 0.3) is 5.91 Å². The molecule has 0 bridgehead atoms. The summed E-state index contributed by atoms with van der Waals surface area (Å²) in [4.78, 5) is 47.4. The van der Waals surface area contributed by atoms with Crippen LogP contribution >= 0.6 is 0 Å². The van der Waals surface area contributed by atoms with Crippen LogP contribution in [-0.2, 0) is 15.0 Å². The van der Waals surface area contributed by atoms with E-state index >= 15 is 0 Å². The van der Waals surface area contributed by atoms with Crippen LogP contribution in [0, 0.1) is 17.2 Å². The number of para-hydroxylation sites is 1. The number of H-pyrrole nitrogens is 1. The number of nitriles is 1. The molecule has 8 heteroatoms. The first-order chi connectivity index (χ1) is 18.7. The van der Waals surface area contributed by atoms with Crippen molar-refractivity contribution in [3.8, 4) is 6.07 Å². The first-order valence-corrected chi connectivity index (χ1v) is 13.7. The van der Waals surface area contributed by atoms with Crippen LogP contribution in [-0.4, -0.2) is 58.2 Å². The highest BCUT2D eigenvalue weighted by atomic mass is 16.2. The van der Waals surface area contributed by atoms with Crippen LogP contribution in [0.2, 0.25) is 0 Å². The summed E-state index contributed by atoms with van der Waals surface area (Å²) in [6.45, 7) is 4.13. The summed E-state index contributed by atoms with van der Waals surface area (Å²) in [7, 11) is 1.66. The molecule has 1 saturated carbocycles. The number of likely N-dealkylation sites (N-methyl/N-ethyl adjacent to an activating group) is 1. The van der Waals surface area contributed by atoms with Crippen molar-refractivity contribution in [3.05, 3.63) is 65.4 Å². The summed E-state index contributed by atoms with van der Waals surface area (Å²) in [6, 6.07) is 16.2. The quantitative estimate of drug-likeness (QED) is 0.494. The lowest BCUT2D eigenvalue weighted by Crippen LogP contribution is -2.52. The van der Waals surface area contributed by atoms with Crippen molar-refractivity contribution >= 4 is 34.3 Å². The van der Waals surface area contributed by atoms with Gasteiger partial charge in [0.15, 0.2) is 0 Å². The van der Waals surface area contributed by atoms with Gasteiger partial charge in [0.05, 0.1) is 11.5 Å². The molecule has 1 aliphatic carbocycles. The average Bonchev–Trinajstić information content (AvgIpc) is 3.45. The number of likely N-dealkylation sites (tertiary alicyclic amines) is 1. The van der Waals surface area contributed by atoms with Crippen LogP contribution < -0.4 is 5.32 Å². The monoisotopic (exact) mass is 523 g/mol. The highest BCUT2D eigenvalue weighted by molar-refractivity contribution is 6.07. The molecule has 3 amide bonds. The summed E-state index contributed by atoms with van der Waals surface area (Å²) < 4.78 is 0. The zero-order valence-electron chi connectivity index (χ0n) is 22.5. The van der Waals surface area contributed by atoms with Gasteiger partial charge in [0, 0.05) is 36.6 Å². The van der Waals surface area contributed by atoms with Crippen molar-refractivity contribution in [3.63, 3.8) is 0 Å². The van der Waals surface area contributed by atoms with Gasteiger partial charge in [0.1, 0.15) is 17.8 Å². The van der Waals surface area contributed by atoms with Crippen LogP contribution in [0.4, 0.5) is 5.69 Å². The van der Waals surface area contributed by atoms with E-state index in [1.165, 1.54) is 28.2 Å². The Morgan fingerprint density at radius 1 is 1.18 bits per heavy atom. The van der Waals surface area contributed by atoms with Crippen LogP contribution in [0.1, 0.15) is 67.1 Å². The summed E-state index contributed by atoms with van der Waals surface area (Å²) in [6.07, 6.45) is 3.01. The number of rotatable bonds is 6. The van der Waals surface area contributed by atoms with E-state index in [9.17, 15) is 19.6 Å². The Hall–Kier alpha value is -4.12. The third-order valence-electron chi connectivity index (χ3n) is 8.63. The minimum Gasteiger partial charge on any atom is -0.351 e. The van der Waals surface area contributed by atoms with Crippen molar-refractivity contribution in [2.24, 2.45) is 5.92 Å². The van der Waals surface area contributed by atoms with E-state index in [-0.39, 0.29) is 36.6 Å². The zero-order valence-corrected chi connectivity index (χ0v) is 22.5. The van der Waals surface area contributed by atoms with Gasteiger partial charge < -0.3 is 20.1 Å². The third-order valence-corrected chi connectivity index (χ3v) is 8.63. The highest BCUT2D eigenvalue weighted by Gasteiger charge is 2.56. The lowest BCUT2D eigenvalue weighted by atomic mass is 9.80. The Bertz CT molecular complexity index is 1530. The van der Waals surface area contributed by atoms with Crippen LogP contribution in [0.3, 0.4) is 0 Å². The molecule has 6 rings (SSSR count). The molecular formula is C31H33N5O3. The van der Waals surface area contributed by atoms with Crippen molar-refractivity contribution in [2.75, 3.05) is 18.9 Å². The molecule has 200 valence electrons. The maximum Gasteiger partial charge on any atom is 0.270 e. The van der Waals surface area contributed by atoms with Gasteiger partial charge in [-0.25, -0.2) is 0 Å². The normalized spacial score (nSPS) is 22.7. The maximum absolute atomic E-state index is 14.1. The standard InChI is InChI=1S/C31H33N5O3/c1-18(2)13-27(35(3)28(37)26-14-22-21(19-11-12-19)7-6-10-24(22)33-26)29(38)36-17-31(15-20(36)16-32)23-8-4-5-9-25(23)34-30(31)39/h4-10,14,18-20,27,33H,11-13,15,17H2,1-3H3,(H,34,39)/t20-,27?,31-/m0/s1. The fourth-order valence-electron chi connectivity index (χ4n) is 6.42. The van der Waals surface area contributed by atoms with Crippen molar-refractivity contribution < 1.29 is 14.4 Å². The lowest BCUT2D eigenvalue weighted by Gasteiger charge is -2.33. The number of hydrogen-bond donors (Lipinski definition) is 2. The van der Waals surface area contributed by atoms with E-state index in [1.54, 1.807) is 7.05 Å². The predicted octanol–water partition coefficient (Wildman–Crippen LogP) is 4.55. The van der Waals surface area contributed by atoms with E-state index in [1.807, 2.05) is 56.3 Å². The highest BCUT2D eigenvalue weighted by Crippen LogP contribution is 2.47. The van der Waals surface area contributed by atoms with Crippen LogP contribution in [0.15, 0.2) is 48.5 Å². The van der Waals surface area contributed by atoms with Crippen LogP contribution in [0.5, 0.6) is 0 Å². The zero-order chi connectivity index (χ0) is 27.5. The molecule has 2 fully saturated rings. The first-order valence-electron chi connectivity index (χ1n) is 13.7. The molecule has 2 aliphatic heterocycles. The SMILES string of the molecule is CC(C)CC(C(=O)N1C[C@]2(C[C@H]1C#N)C(=O)Nc1ccccc12)N(C)C(=O)c1cc2c(C3CC3)cccc2[nH]1. The molecule has 1 saturated heterocycles. The number of benzene rings is 2. The van der Waals surface area contributed by atoms with Crippen molar-refractivity contribution in [1.82, 2.24) is 14.8 Å². The van der Waals surface area contributed by atoms with Gasteiger partial charge in [-0.2, -0.15) is 5.26 Å². The summed E-state index contributed by atoms with van der Waals surface area (Å²) in [5, 5.41) is 14.0. The molecule has 2 N–H and O–H groups in total. The Morgan fingerprint density at radius 2 is 1.95 bits per heavy atom. The second-order valence-corrected chi connectivity index (χ2v) is 11.7. The Kier molecular flexibility index (Phi) is 5.98. The summed E-state index contributed by atoms with van der Waals surface area (Å²) >= 11 is 0. The van der Waals surface area contributed by atoms with Gasteiger partial charge in [0.2, 0.25) is 11.8 Å². The number of amides is 3. The largest absolute Gasteiger partial charge is 0.351 e. The van der Waals surface area contributed by atoms with E-state index in [4.69, 9.17) is 0 Å². The Morgan fingerprint density at radius 3 is 2.67 bits per heavy atom. The van der Waals surface area contributed by atoms with Gasteiger partial charge in [-0.1, -0.05) is 44.2 Å². The van der Waals surface area contributed by atoms with Crippen molar-refractivity contribution in [2.45, 2.75) is 62.9 Å². The van der Waals surface area contributed by atoms with E-state index < -0.39 is 17.5 Å². The molecular weight excluding hydrogens is 490 g/mol. The number of fused-ring (bicyclic) bond motifs is 3. The number of carbonyl (C=O) groups is 3. The van der Waals surface area contributed by atoms with E-state index in [2.05, 4.69) is 22.4 Å². The van der Waals surface area contributed by atoms with E-state index in [0.717, 1.165) is 22.2 Å². The topological polar surface area (TPSA) is 109 Å². The molecule has 8 nitrogen and oxygen atoms in total. The van der Waals surface area contributed by atoms with Crippen molar-refractivity contribution in [1.29, 1.82) is 5.26 Å². The molecule has 39 heavy (non-hydrogen) atoms. The number of aromatic amines is 1. The molecule has 1 unspecified atom stereocenters. The Balaban J connectivity index is 1.30. The minimum absolute atomic E-state index is 0.112. The number of anilines is 1. The second-order valence-electron chi connectivity index (χ2n) is 11.7. The van der Waals surface area contributed by atoms with Crippen LogP contribution in [0.25, 0.3) is 10.9 Å². The molecule has 0 radical (unpaired) electrons. The fourth-order valence-corrected chi connectivity index (χ4v) is 6.42. The van der Waals surface area contributed by atoms with Gasteiger partial charge in [-0.05, 0) is 60.4 Å². The molecule has 3 aromatic rings. The molecule has 2 aromatic carbocycles. The third kappa shape index (κ3) is 4.08. The number of hydrogen-bond acceptors (Lipinski definition) is 4. The molecule has 3 heterocycles. The van der Waals surface area contributed by atoms with Gasteiger partial charge >= 0.3 is 0 Å². The number of nitrogens with zero attached hydrogens (tertiary/aromatic N) is 3. The lowest BCUT2D eigenvalue weighted by molar-refractivity contribution is -0.136. The minimum atomic E-state index is -0.964. The van der Waals surface area contributed by atoms with Gasteiger partial charge in [-0.3, -0.25) is 14.4 Å². The summed E-state index contributed by atoms with van der Waals surface area (Å²) in [5.41, 5.74) is 3.20. The van der Waals surface area contributed by atoms with Gasteiger partial charge in [-0.15, -0.1) is 0 Å². The number of nitrogens with one attached hydrogen (secondary N) is 2. The number of aromatic nitrogens is 1. The maximum atomic E-state index is 14.1. The fraction of sp³-hybridized carbons (Fsp3) is 0.419.